The predicted octanol–water partition coefficient (Wildman–Crippen LogP) is 4.90. The van der Waals surface area contributed by atoms with Gasteiger partial charge in [0, 0.05) is 26.2 Å². The standard InChI is InChI=1S/C37H47N3O5/c1-5-8-15-24-38(22-6-2)35(44)32-37-21-20-36(4,45-37)30(33(42)39(23-7-3)25-27-16-11-9-12-17-27)31(37)34(43)40(32)29(26-41)28-18-13-10-14-19-28/h6-7,9-14,16-19,29-32,41H,2-3,5,8,15,20-26H2,1,4H3/t29-,30-,31+,32?,36+,37?/m1/s1. The molecule has 0 aromatic heterocycles. The third kappa shape index (κ3) is 5.86. The summed E-state index contributed by atoms with van der Waals surface area (Å²) in [6.07, 6.45) is 7.22. The van der Waals surface area contributed by atoms with Gasteiger partial charge in [-0.25, -0.2) is 0 Å². The molecule has 45 heavy (non-hydrogen) atoms. The Bertz CT molecular complexity index is 1380. The minimum Gasteiger partial charge on any atom is -0.394 e. The lowest BCUT2D eigenvalue weighted by Gasteiger charge is -2.39. The molecule has 0 radical (unpaired) electrons. The van der Waals surface area contributed by atoms with Gasteiger partial charge in [0.25, 0.3) is 0 Å². The summed E-state index contributed by atoms with van der Waals surface area (Å²) >= 11 is 0. The van der Waals surface area contributed by atoms with Crippen LogP contribution in [0.3, 0.4) is 0 Å². The van der Waals surface area contributed by atoms with E-state index in [9.17, 15) is 19.5 Å². The minimum absolute atomic E-state index is 0.180. The van der Waals surface area contributed by atoms with Crippen LogP contribution in [0.2, 0.25) is 0 Å². The molecule has 1 spiro atoms. The van der Waals surface area contributed by atoms with Gasteiger partial charge in [-0.2, -0.15) is 0 Å². The molecule has 2 unspecified atom stereocenters. The second kappa shape index (κ2) is 13.7. The van der Waals surface area contributed by atoms with Crippen molar-refractivity contribution in [1.82, 2.24) is 14.7 Å². The molecule has 2 aromatic carbocycles. The van der Waals surface area contributed by atoms with Crippen molar-refractivity contribution in [1.29, 1.82) is 0 Å². The molecule has 3 amide bonds. The average molecular weight is 614 g/mol. The van der Waals surface area contributed by atoms with Crippen molar-refractivity contribution < 1.29 is 24.2 Å². The molecule has 0 aliphatic carbocycles. The number of carbonyl (C=O) groups is 3. The first-order valence-corrected chi connectivity index (χ1v) is 16.3. The number of rotatable bonds is 15. The molecule has 240 valence electrons. The van der Waals surface area contributed by atoms with E-state index in [-0.39, 0.29) is 24.3 Å². The number of likely N-dealkylation sites (tertiary alicyclic amines) is 1. The van der Waals surface area contributed by atoms with Gasteiger partial charge in [-0.05, 0) is 37.3 Å². The summed E-state index contributed by atoms with van der Waals surface area (Å²) < 4.78 is 6.91. The summed E-state index contributed by atoms with van der Waals surface area (Å²) in [5.41, 5.74) is -0.404. The molecular weight excluding hydrogens is 566 g/mol. The van der Waals surface area contributed by atoms with Gasteiger partial charge in [0.2, 0.25) is 17.7 Å². The van der Waals surface area contributed by atoms with E-state index in [0.29, 0.717) is 39.0 Å². The van der Waals surface area contributed by atoms with Crippen molar-refractivity contribution in [3.8, 4) is 0 Å². The molecule has 3 heterocycles. The fourth-order valence-electron chi connectivity index (χ4n) is 7.95. The second-order valence-electron chi connectivity index (χ2n) is 12.9. The van der Waals surface area contributed by atoms with Crippen LogP contribution in [0.15, 0.2) is 86.0 Å². The number of hydrogen-bond donors (Lipinski definition) is 1. The Morgan fingerprint density at radius 3 is 2.27 bits per heavy atom. The van der Waals surface area contributed by atoms with E-state index in [1.165, 1.54) is 0 Å². The maximum atomic E-state index is 14.8. The van der Waals surface area contributed by atoms with Crippen molar-refractivity contribution >= 4 is 17.7 Å². The van der Waals surface area contributed by atoms with Crippen LogP contribution < -0.4 is 0 Å². The van der Waals surface area contributed by atoms with Crippen molar-refractivity contribution in [2.24, 2.45) is 11.8 Å². The number of hydrogen-bond acceptors (Lipinski definition) is 5. The molecule has 6 atom stereocenters. The maximum absolute atomic E-state index is 14.8. The number of ether oxygens (including phenoxy) is 1. The van der Waals surface area contributed by atoms with Crippen molar-refractivity contribution in [2.75, 3.05) is 26.2 Å². The number of benzene rings is 2. The molecule has 2 bridgehead atoms. The highest BCUT2D eigenvalue weighted by Crippen LogP contribution is 2.64. The number of amides is 3. The van der Waals surface area contributed by atoms with Gasteiger partial charge >= 0.3 is 0 Å². The van der Waals surface area contributed by atoms with Gasteiger partial charge in [-0.15, -0.1) is 13.2 Å². The SMILES string of the molecule is C=CCN(CCCCC)C(=O)C1N([C@H](CO)c2ccccc2)C(=O)[C@@H]2[C@H](C(=O)N(CC=C)Cc3ccccc3)[C@]3(C)CCC12O3. The van der Waals surface area contributed by atoms with Crippen LogP contribution in [-0.2, 0) is 25.7 Å². The zero-order valence-electron chi connectivity index (χ0n) is 26.6. The van der Waals surface area contributed by atoms with E-state index in [4.69, 9.17) is 4.74 Å². The van der Waals surface area contributed by atoms with E-state index in [1.807, 2.05) is 67.6 Å². The fraction of sp³-hybridized carbons (Fsp3) is 0.486. The lowest BCUT2D eigenvalue weighted by molar-refractivity contribution is -0.156. The zero-order chi connectivity index (χ0) is 32.2. The zero-order valence-corrected chi connectivity index (χ0v) is 26.6. The number of aliphatic hydroxyl groups is 1. The Balaban J connectivity index is 1.59. The molecule has 0 saturated carbocycles. The van der Waals surface area contributed by atoms with E-state index < -0.39 is 35.1 Å². The van der Waals surface area contributed by atoms with E-state index >= 15 is 0 Å². The third-order valence-electron chi connectivity index (χ3n) is 9.98. The predicted molar refractivity (Wildman–Crippen MR) is 174 cm³/mol. The van der Waals surface area contributed by atoms with E-state index in [1.54, 1.807) is 26.9 Å². The second-order valence-corrected chi connectivity index (χ2v) is 12.9. The first kappa shape index (κ1) is 32.6. The van der Waals surface area contributed by atoms with E-state index in [2.05, 4.69) is 20.1 Å². The molecule has 8 heteroatoms. The highest BCUT2D eigenvalue weighted by Gasteiger charge is 2.79. The highest BCUT2D eigenvalue weighted by atomic mass is 16.5. The quantitative estimate of drug-likeness (QED) is 0.228. The van der Waals surface area contributed by atoms with Crippen molar-refractivity contribution in [3.63, 3.8) is 0 Å². The first-order valence-electron chi connectivity index (χ1n) is 16.3. The van der Waals surface area contributed by atoms with Gasteiger partial charge in [0.05, 0.1) is 30.1 Å². The topological polar surface area (TPSA) is 90.4 Å². The third-order valence-corrected chi connectivity index (χ3v) is 9.98. The summed E-state index contributed by atoms with van der Waals surface area (Å²) in [7, 11) is 0. The Labute approximate surface area is 267 Å². The summed E-state index contributed by atoms with van der Waals surface area (Å²) in [5.74, 6) is -2.37. The number of carbonyl (C=O) groups excluding carboxylic acids is 3. The number of fused-ring (bicyclic) bond motifs is 1. The Hall–Kier alpha value is -3.75. The van der Waals surface area contributed by atoms with Gasteiger partial charge in [0.15, 0.2) is 0 Å². The van der Waals surface area contributed by atoms with Crippen LogP contribution in [0.1, 0.15) is 63.1 Å². The number of aliphatic hydroxyl groups excluding tert-OH is 1. The Kier molecular flexibility index (Phi) is 9.94. The number of nitrogens with zero attached hydrogens (tertiary/aromatic N) is 3. The van der Waals surface area contributed by atoms with Gasteiger partial charge in [0.1, 0.15) is 11.6 Å². The van der Waals surface area contributed by atoms with Crippen LogP contribution in [-0.4, -0.2) is 81.0 Å². The lowest BCUT2D eigenvalue weighted by atomic mass is 9.66. The lowest BCUT2D eigenvalue weighted by Crippen LogP contribution is -2.57. The van der Waals surface area contributed by atoms with Gasteiger partial charge < -0.3 is 24.5 Å². The minimum atomic E-state index is -1.19. The molecule has 3 fully saturated rings. The van der Waals surface area contributed by atoms with Gasteiger partial charge in [-0.3, -0.25) is 14.4 Å². The molecule has 1 N–H and O–H groups in total. The highest BCUT2D eigenvalue weighted by molar-refractivity contribution is 5.99. The molecule has 3 saturated heterocycles. The largest absolute Gasteiger partial charge is 0.394 e. The fourth-order valence-corrected chi connectivity index (χ4v) is 7.95. The molecule has 3 aliphatic heterocycles. The van der Waals surface area contributed by atoms with Crippen LogP contribution in [0.4, 0.5) is 0 Å². The molecular formula is C37H47N3O5. The van der Waals surface area contributed by atoms with Crippen LogP contribution in [0.5, 0.6) is 0 Å². The van der Waals surface area contributed by atoms with Crippen molar-refractivity contribution in [3.05, 3.63) is 97.1 Å². The van der Waals surface area contributed by atoms with E-state index in [0.717, 1.165) is 30.4 Å². The monoisotopic (exact) mass is 613 g/mol. The smallest absolute Gasteiger partial charge is 0.248 e. The average Bonchev–Trinajstić information content (AvgIpc) is 3.62. The Morgan fingerprint density at radius 1 is 1.00 bits per heavy atom. The number of unbranched alkanes of at least 4 members (excludes halogenated alkanes) is 2. The maximum Gasteiger partial charge on any atom is 0.248 e. The molecule has 8 nitrogen and oxygen atoms in total. The van der Waals surface area contributed by atoms with Crippen molar-refractivity contribution in [2.45, 2.75) is 75.8 Å². The normalized spacial score (nSPS) is 27.2. The first-order chi connectivity index (χ1) is 21.8. The Morgan fingerprint density at radius 2 is 1.64 bits per heavy atom. The summed E-state index contributed by atoms with van der Waals surface area (Å²) in [5, 5.41) is 10.8. The molecule has 5 rings (SSSR count). The summed E-state index contributed by atoms with van der Waals surface area (Å²) in [6.45, 7) is 13.0. The summed E-state index contributed by atoms with van der Waals surface area (Å²) in [4.78, 5) is 49.2. The van der Waals surface area contributed by atoms with Crippen LogP contribution >= 0.6 is 0 Å². The van der Waals surface area contributed by atoms with Gasteiger partial charge in [-0.1, -0.05) is 92.6 Å². The van der Waals surface area contributed by atoms with Crippen LogP contribution in [0, 0.1) is 11.8 Å². The molecule has 2 aromatic rings. The molecule has 3 aliphatic rings. The van der Waals surface area contributed by atoms with Crippen LogP contribution in [0.25, 0.3) is 0 Å². The summed E-state index contributed by atoms with van der Waals surface area (Å²) in [6, 6.07) is 17.3.